The van der Waals surface area contributed by atoms with E-state index in [2.05, 4.69) is 10.6 Å². The van der Waals surface area contributed by atoms with Crippen molar-refractivity contribution in [3.8, 4) is 0 Å². The van der Waals surface area contributed by atoms with Gasteiger partial charge in [-0.15, -0.1) is 12.4 Å². The highest BCUT2D eigenvalue weighted by Crippen LogP contribution is 2.26. The van der Waals surface area contributed by atoms with Crippen molar-refractivity contribution in [2.75, 3.05) is 26.2 Å². The van der Waals surface area contributed by atoms with E-state index in [1.165, 1.54) is 4.31 Å². The number of carbonyl (C=O) groups excluding carboxylic acids is 1. The lowest BCUT2D eigenvalue weighted by molar-refractivity contribution is -0.127. The molecule has 0 atom stereocenters. The number of sulfonamides is 1. The Kier molecular flexibility index (Phi) is 7.68. The first-order valence-electron chi connectivity index (χ1n) is 9.46. The standard InChI is InChI=1S/C19H29N3O3S.ClH/c1-14-3-4-18(15(2)13-14)26(24,25)22-11-7-16(8-12-22)19(23)21-17-5-9-20-10-6-17;/h3-4,13,16-17,20H,5-12H2,1-2H3,(H,21,23);1H. The van der Waals surface area contributed by atoms with Gasteiger partial charge in [0.25, 0.3) is 0 Å². The van der Waals surface area contributed by atoms with E-state index in [9.17, 15) is 13.2 Å². The van der Waals surface area contributed by atoms with Crippen LogP contribution >= 0.6 is 12.4 Å². The predicted molar refractivity (Wildman–Crippen MR) is 109 cm³/mol. The van der Waals surface area contributed by atoms with Crippen molar-refractivity contribution in [2.45, 2.75) is 50.5 Å². The van der Waals surface area contributed by atoms with E-state index < -0.39 is 10.0 Å². The van der Waals surface area contributed by atoms with Gasteiger partial charge in [0.15, 0.2) is 0 Å². The van der Waals surface area contributed by atoms with Crippen LogP contribution in [0.4, 0.5) is 0 Å². The Hall–Kier alpha value is -1.15. The van der Waals surface area contributed by atoms with E-state index in [0.29, 0.717) is 30.8 Å². The van der Waals surface area contributed by atoms with Crippen molar-refractivity contribution in [3.05, 3.63) is 29.3 Å². The van der Waals surface area contributed by atoms with Crippen LogP contribution in [0.1, 0.15) is 36.8 Å². The summed E-state index contributed by atoms with van der Waals surface area (Å²) in [5, 5.41) is 6.43. The molecule has 2 fully saturated rings. The number of aryl methyl sites for hydroxylation is 2. The molecule has 8 heteroatoms. The normalized spacial score (nSPS) is 20.1. The molecular formula is C19H30ClN3O3S. The Morgan fingerprint density at radius 1 is 1.11 bits per heavy atom. The quantitative estimate of drug-likeness (QED) is 0.788. The second kappa shape index (κ2) is 9.37. The van der Waals surface area contributed by atoms with Crippen LogP contribution in [0.3, 0.4) is 0 Å². The second-order valence-corrected chi connectivity index (χ2v) is 9.39. The van der Waals surface area contributed by atoms with Gasteiger partial charge in [-0.05, 0) is 64.3 Å². The number of nitrogens with zero attached hydrogens (tertiary/aromatic N) is 1. The van der Waals surface area contributed by atoms with Crippen molar-refractivity contribution < 1.29 is 13.2 Å². The van der Waals surface area contributed by atoms with E-state index in [-0.39, 0.29) is 30.3 Å². The minimum absolute atomic E-state index is 0. The number of halogens is 1. The van der Waals surface area contributed by atoms with Crippen LogP contribution < -0.4 is 10.6 Å². The van der Waals surface area contributed by atoms with Gasteiger partial charge < -0.3 is 10.6 Å². The summed E-state index contributed by atoms with van der Waals surface area (Å²) in [7, 11) is -3.49. The van der Waals surface area contributed by atoms with Crippen molar-refractivity contribution in [1.82, 2.24) is 14.9 Å². The number of benzene rings is 1. The van der Waals surface area contributed by atoms with Gasteiger partial charge in [-0.2, -0.15) is 4.31 Å². The topological polar surface area (TPSA) is 78.5 Å². The fourth-order valence-corrected chi connectivity index (χ4v) is 5.55. The third-order valence-electron chi connectivity index (χ3n) is 5.46. The molecule has 2 aliphatic rings. The van der Waals surface area contributed by atoms with Gasteiger partial charge >= 0.3 is 0 Å². The lowest BCUT2D eigenvalue weighted by atomic mass is 9.96. The first-order valence-corrected chi connectivity index (χ1v) is 10.9. The smallest absolute Gasteiger partial charge is 0.243 e. The molecule has 1 aromatic rings. The van der Waals surface area contributed by atoms with Gasteiger partial charge in [-0.25, -0.2) is 8.42 Å². The number of hydrogen-bond acceptors (Lipinski definition) is 4. The SMILES string of the molecule is Cc1ccc(S(=O)(=O)N2CCC(C(=O)NC3CCNCC3)CC2)c(C)c1.Cl. The van der Waals surface area contributed by atoms with E-state index in [4.69, 9.17) is 0 Å². The van der Waals surface area contributed by atoms with Crippen LogP contribution in [0.15, 0.2) is 23.1 Å². The molecule has 27 heavy (non-hydrogen) atoms. The molecule has 2 saturated heterocycles. The van der Waals surface area contributed by atoms with Gasteiger partial charge in [0.05, 0.1) is 4.90 Å². The molecular weight excluding hydrogens is 386 g/mol. The van der Waals surface area contributed by atoms with Crippen LogP contribution in [0.5, 0.6) is 0 Å². The molecule has 2 aliphatic heterocycles. The molecule has 0 radical (unpaired) electrons. The summed E-state index contributed by atoms with van der Waals surface area (Å²) in [6.07, 6.45) is 3.10. The number of hydrogen-bond donors (Lipinski definition) is 2. The summed E-state index contributed by atoms with van der Waals surface area (Å²) < 4.78 is 27.4. The van der Waals surface area contributed by atoms with E-state index in [0.717, 1.165) is 37.1 Å². The van der Waals surface area contributed by atoms with Crippen LogP contribution in [-0.2, 0) is 14.8 Å². The lowest BCUT2D eigenvalue weighted by Gasteiger charge is -2.32. The van der Waals surface area contributed by atoms with Crippen molar-refractivity contribution >= 4 is 28.3 Å². The largest absolute Gasteiger partial charge is 0.353 e. The van der Waals surface area contributed by atoms with Crippen LogP contribution in [-0.4, -0.2) is 50.9 Å². The number of rotatable bonds is 4. The van der Waals surface area contributed by atoms with Crippen LogP contribution in [0, 0.1) is 19.8 Å². The van der Waals surface area contributed by atoms with Gasteiger partial charge in [-0.1, -0.05) is 17.7 Å². The van der Waals surface area contributed by atoms with Gasteiger partial charge in [0.2, 0.25) is 15.9 Å². The summed E-state index contributed by atoms with van der Waals surface area (Å²) >= 11 is 0. The number of amides is 1. The molecule has 6 nitrogen and oxygen atoms in total. The first-order chi connectivity index (χ1) is 12.4. The fraction of sp³-hybridized carbons (Fsp3) is 0.632. The van der Waals surface area contributed by atoms with E-state index >= 15 is 0 Å². The second-order valence-electron chi connectivity index (χ2n) is 7.48. The van der Waals surface area contributed by atoms with Gasteiger partial charge in [-0.3, -0.25) is 4.79 Å². The van der Waals surface area contributed by atoms with Crippen molar-refractivity contribution in [2.24, 2.45) is 5.92 Å². The predicted octanol–water partition coefficient (Wildman–Crippen LogP) is 1.99. The third kappa shape index (κ3) is 5.22. The third-order valence-corrected chi connectivity index (χ3v) is 7.52. The average Bonchev–Trinajstić information content (AvgIpc) is 2.62. The number of nitrogens with one attached hydrogen (secondary N) is 2. The summed E-state index contributed by atoms with van der Waals surface area (Å²) in [6, 6.07) is 5.67. The molecule has 0 unspecified atom stereocenters. The van der Waals surface area contributed by atoms with E-state index in [1.807, 2.05) is 26.0 Å². The maximum Gasteiger partial charge on any atom is 0.243 e. The maximum atomic E-state index is 12.9. The van der Waals surface area contributed by atoms with Crippen LogP contribution in [0.2, 0.25) is 0 Å². The summed E-state index contributed by atoms with van der Waals surface area (Å²) in [5.74, 6) is -0.00378. The van der Waals surface area contributed by atoms with Crippen molar-refractivity contribution in [3.63, 3.8) is 0 Å². The Morgan fingerprint density at radius 3 is 2.33 bits per heavy atom. The van der Waals surface area contributed by atoms with Crippen molar-refractivity contribution in [1.29, 1.82) is 0 Å². The van der Waals surface area contributed by atoms with Gasteiger partial charge in [0.1, 0.15) is 0 Å². The highest BCUT2D eigenvalue weighted by molar-refractivity contribution is 7.89. The molecule has 0 saturated carbocycles. The molecule has 1 amide bonds. The molecule has 152 valence electrons. The molecule has 0 aliphatic carbocycles. The number of carbonyl (C=O) groups is 1. The Balaban J connectivity index is 0.00000261. The fourth-order valence-electron chi connectivity index (χ4n) is 3.87. The molecule has 0 spiro atoms. The average molecular weight is 416 g/mol. The summed E-state index contributed by atoms with van der Waals surface area (Å²) in [6.45, 7) is 6.48. The summed E-state index contributed by atoms with van der Waals surface area (Å²) in [4.78, 5) is 12.9. The monoisotopic (exact) mass is 415 g/mol. The minimum Gasteiger partial charge on any atom is -0.353 e. The molecule has 3 rings (SSSR count). The molecule has 0 bridgehead atoms. The molecule has 2 heterocycles. The lowest BCUT2D eigenvalue weighted by Crippen LogP contribution is -2.47. The van der Waals surface area contributed by atoms with Gasteiger partial charge in [0, 0.05) is 25.0 Å². The Bertz CT molecular complexity index is 755. The molecule has 0 aromatic heterocycles. The molecule has 1 aromatic carbocycles. The van der Waals surface area contributed by atoms with Crippen LogP contribution in [0.25, 0.3) is 0 Å². The highest BCUT2D eigenvalue weighted by Gasteiger charge is 2.33. The minimum atomic E-state index is -3.49. The zero-order valence-electron chi connectivity index (χ0n) is 16.0. The first kappa shape index (κ1) is 22.1. The summed E-state index contributed by atoms with van der Waals surface area (Å²) in [5.41, 5.74) is 1.82. The zero-order valence-corrected chi connectivity index (χ0v) is 17.7. The Labute approximate surface area is 168 Å². The number of piperidine rings is 2. The van der Waals surface area contributed by atoms with E-state index in [1.54, 1.807) is 6.07 Å². The maximum absolute atomic E-state index is 12.9. The molecule has 2 N–H and O–H groups in total. The zero-order chi connectivity index (χ0) is 18.7. The Morgan fingerprint density at radius 2 is 1.74 bits per heavy atom. The highest BCUT2D eigenvalue weighted by atomic mass is 35.5.